The molecule has 7 heteroatoms. The summed E-state index contributed by atoms with van der Waals surface area (Å²) in [5.41, 5.74) is 1.61. The van der Waals surface area contributed by atoms with Gasteiger partial charge >= 0.3 is 6.03 Å². The van der Waals surface area contributed by atoms with Crippen LogP contribution >= 0.6 is 0 Å². The molecule has 4 rings (SSSR count). The molecule has 0 spiro atoms. The summed E-state index contributed by atoms with van der Waals surface area (Å²) >= 11 is 0. The van der Waals surface area contributed by atoms with Gasteiger partial charge in [-0.2, -0.15) is 0 Å². The maximum atomic E-state index is 12.8. The molecule has 1 aromatic carbocycles. The minimum atomic E-state index is -0.292. The lowest BCUT2D eigenvalue weighted by Gasteiger charge is -2.35. The molecule has 1 unspecified atom stereocenters. The van der Waals surface area contributed by atoms with E-state index < -0.39 is 0 Å². The second-order valence-corrected chi connectivity index (χ2v) is 8.96. The zero-order valence-electron chi connectivity index (χ0n) is 18.7. The zero-order chi connectivity index (χ0) is 22.2. The molecule has 172 valence electrons. The highest BCUT2D eigenvalue weighted by Gasteiger charge is 2.25. The molecular formula is C25H34N4O3. The molecular weight excluding hydrogens is 404 g/mol. The van der Waals surface area contributed by atoms with E-state index in [-0.39, 0.29) is 17.7 Å². The van der Waals surface area contributed by atoms with Crippen molar-refractivity contribution in [2.24, 2.45) is 5.92 Å². The van der Waals surface area contributed by atoms with Gasteiger partial charge < -0.3 is 24.9 Å². The van der Waals surface area contributed by atoms with Crippen LogP contribution in [0.4, 0.5) is 10.5 Å². The summed E-state index contributed by atoms with van der Waals surface area (Å²) in [5.74, 6) is 0.538. The van der Waals surface area contributed by atoms with E-state index in [1.54, 1.807) is 12.1 Å². The quantitative estimate of drug-likeness (QED) is 0.704. The molecule has 2 aromatic rings. The first-order valence-corrected chi connectivity index (χ1v) is 11.9. The highest BCUT2D eigenvalue weighted by atomic mass is 16.3. The third kappa shape index (κ3) is 6.36. The summed E-state index contributed by atoms with van der Waals surface area (Å²) in [6.07, 6.45) is 9.06. The lowest BCUT2D eigenvalue weighted by molar-refractivity contribution is 0.0996. The molecule has 2 aliphatic heterocycles. The van der Waals surface area contributed by atoms with E-state index >= 15 is 0 Å². The maximum Gasteiger partial charge on any atom is 0.317 e. The van der Waals surface area contributed by atoms with Crippen molar-refractivity contribution >= 4 is 17.6 Å². The van der Waals surface area contributed by atoms with E-state index in [0.29, 0.717) is 18.2 Å². The van der Waals surface area contributed by atoms with E-state index in [9.17, 15) is 9.59 Å². The fourth-order valence-electron chi connectivity index (χ4n) is 4.73. The Morgan fingerprint density at radius 1 is 1.00 bits per heavy atom. The van der Waals surface area contributed by atoms with Crippen LogP contribution in [-0.4, -0.2) is 54.5 Å². The van der Waals surface area contributed by atoms with Crippen molar-refractivity contribution in [1.82, 2.24) is 15.1 Å². The summed E-state index contributed by atoms with van der Waals surface area (Å²) in [7, 11) is 0. The van der Waals surface area contributed by atoms with Gasteiger partial charge in [-0.3, -0.25) is 4.79 Å². The molecule has 0 aliphatic carbocycles. The van der Waals surface area contributed by atoms with E-state index in [1.807, 2.05) is 29.2 Å². The van der Waals surface area contributed by atoms with E-state index in [2.05, 4.69) is 15.5 Å². The number of rotatable bonds is 6. The Bertz CT molecular complexity index is 875. The third-order valence-corrected chi connectivity index (χ3v) is 6.39. The summed E-state index contributed by atoms with van der Waals surface area (Å²) in [6, 6.07) is 10.8. The molecule has 3 heterocycles. The van der Waals surface area contributed by atoms with Crippen LogP contribution < -0.4 is 10.6 Å². The van der Waals surface area contributed by atoms with Gasteiger partial charge in [0.05, 0.1) is 6.26 Å². The first-order chi connectivity index (χ1) is 15.7. The summed E-state index contributed by atoms with van der Waals surface area (Å²) in [6.45, 7) is 5.60. The van der Waals surface area contributed by atoms with Gasteiger partial charge in [-0.25, -0.2) is 4.79 Å². The molecule has 1 atom stereocenters. The van der Waals surface area contributed by atoms with E-state index in [4.69, 9.17) is 4.42 Å². The average molecular weight is 439 g/mol. The fraction of sp³-hybridized carbons (Fsp3) is 0.520. The highest BCUT2D eigenvalue weighted by Crippen LogP contribution is 2.20. The number of piperidine rings is 1. The van der Waals surface area contributed by atoms with Crippen molar-refractivity contribution in [2.45, 2.75) is 45.1 Å². The van der Waals surface area contributed by atoms with Gasteiger partial charge in [0.15, 0.2) is 5.76 Å². The van der Waals surface area contributed by atoms with Gasteiger partial charge in [0.1, 0.15) is 0 Å². The van der Waals surface area contributed by atoms with Gasteiger partial charge in [0, 0.05) is 31.9 Å². The van der Waals surface area contributed by atoms with Crippen molar-refractivity contribution in [3.05, 3.63) is 54.0 Å². The predicted octanol–water partition coefficient (Wildman–Crippen LogP) is 4.33. The van der Waals surface area contributed by atoms with Crippen LogP contribution in [0, 0.1) is 5.92 Å². The molecule has 7 nitrogen and oxygen atoms in total. The lowest BCUT2D eigenvalue weighted by Crippen LogP contribution is -2.47. The molecule has 0 bridgehead atoms. The van der Waals surface area contributed by atoms with Gasteiger partial charge in [0.2, 0.25) is 0 Å². The van der Waals surface area contributed by atoms with Crippen LogP contribution in [-0.2, 0) is 6.54 Å². The van der Waals surface area contributed by atoms with Crippen LogP contribution in [0.5, 0.6) is 0 Å². The number of nitrogens with zero attached hydrogens (tertiary/aromatic N) is 2. The van der Waals surface area contributed by atoms with Crippen molar-refractivity contribution in [1.29, 1.82) is 0 Å². The van der Waals surface area contributed by atoms with Crippen LogP contribution in [0.3, 0.4) is 0 Å². The molecule has 3 amide bonds. The number of anilines is 1. The number of hydrogen-bond donors (Lipinski definition) is 2. The Labute approximate surface area is 190 Å². The van der Waals surface area contributed by atoms with Crippen molar-refractivity contribution < 1.29 is 14.0 Å². The van der Waals surface area contributed by atoms with Gasteiger partial charge in [-0.05, 0) is 74.5 Å². The normalized spacial score (nSPS) is 19.9. The second-order valence-electron chi connectivity index (χ2n) is 8.96. The lowest BCUT2D eigenvalue weighted by atomic mass is 9.97. The van der Waals surface area contributed by atoms with Crippen LogP contribution in [0.25, 0.3) is 0 Å². The van der Waals surface area contributed by atoms with Crippen LogP contribution in [0.1, 0.15) is 54.6 Å². The molecule has 2 saturated heterocycles. The third-order valence-electron chi connectivity index (χ3n) is 6.39. The fourth-order valence-corrected chi connectivity index (χ4v) is 4.73. The first-order valence-electron chi connectivity index (χ1n) is 11.9. The van der Waals surface area contributed by atoms with E-state index in [0.717, 1.165) is 31.6 Å². The smallest absolute Gasteiger partial charge is 0.317 e. The number of urea groups is 1. The number of furan rings is 1. The largest absolute Gasteiger partial charge is 0.459 e. The SMILES string of the molecule is O=C(Nc1cccc(CNC(=O)N2CCCC(CN3CCCCCC3)C2)c1)c1ccco1. The zero-order valence-corrected chi connectivity index (χ0v) is 18.7. The van der Waals surface area contributed by atoms with Crippen LogP contribution in [0.15, 0.2) is 47.1 Å². The topological polar surface area (TPSA) is 77.8 Å². The van der Waals surface area contributed by atoms with E-state index in [1.165, 1.54) is 51.5 Å². The van der Waals surface area contributed by atoms with Gasteiger partial charge in [-0.1, -0.05) is 25.0 Å². The molecule has 1 aromatic heterocycles. The standard InChI is InChI=1S/C25H34N4O3/c30-24(23-11-7-15-32-23)27-22-10-5-8-20(16-22)17-26-25(31)29-14-6-9-21(19-29)18-28-12-3-1-2-4-13-28/h5,7-8,10-11,15-16,21H,1-4,6,9,12-14,17-19H2,(H,26,31)(H,27,30). The van der Waals surface area contributed by atoms with Gasteiger partial charge in [-0.15, -0.1) is 0 Å². The molecule has 2 N–H and O–H groups in total. The predicted molar refractivity (Wildman–Crippen MR) is 125 cm³/mol. The van der Waals surface area contributed by atoms with Crippen molar-refractivity contribution in [3.8, 4) is 0 Å². The second kappa shape index (κ2) is 11.2. The van der Waals surface area contributed by atoms with Crippen molar-refractivity contribution in [3.63, 3.8) is 0 Å². The molecule has 0 saturated carbocycles. The summed E-state index contributed by atoms with van der Waals surface area (Å²) in [4.78, 5) is 29.5. The molecule has 2 aliphatic rings. The number of benzene rings is 1. The Morgan fingerprint density at radius 3 is 2.62 bits per heavy atom. The first kappa shape index (κ1) is 22.4. The van der Waals surface area contributed by atoms with Crippen molar-refractivity contribution in [2.75, 3.05) is 38.0 Å². The molecule has 32 heavy (non-hydrogen) atoms. The Morgan fingerprint density at radius 2 is 1.84 bits per heavy atom. The number of hydrogen-bond acceptors (Lipinski definition) is 4. The summed E-state index contributed by atoms with van der Waals surface area (Å²) < 4.78 is 5.13. The molecule has 0 radical (unpaired) electrons. The monoisotopic (exact) mass is 438 g/mol. The summed E-state index contributed by atoms with van der Waals surface area (Å²) in [5, 5.41) is 5.88. The maximum absolute atomic E-state index is 12.8. The highest BCUT2D eigenvalue weighted by molar-refractivity contribution is 6.02. The minimum absolute atomic E-state index is 0.00408. The average Bonchev–Trinajstić information content (AvgIpc) is 3.24. The minimum Gasteiger partial charge on any atom is -0.459 e. The number of nitrogens with one attached hydrogen (secondary N) is 2. The number of carbonyl (C=O) groups is 2. The Kier molecular flexibility index (Phi) is 7.82. The molecule has 2 fully saturated rings. The Balaban J connectivity index is 1.25. The number of amides is 3. The number of likely N-dealkylation sites (tertiary alicyclic amines) is 2. The van der Waals surface area contributed by atoms with Gasteiger partial charge in [0.25, 0.3) is 5.91 Å². The van der Waals surface area contributed by atoms with Crippen LogP contribution in [0.2, 0.25) is 0 Å². The Hall–Kier alpha value is -2.80. The number of carbonyl (C=O) groups excluding carboxylic acids is 2.